The molecule has 0 unspecified atom stereocenters. The zero-order valence-electron chi connectivity index (χ0n) is 17.2. The van der Waals surface area contributed by atoms with Crippen molar-refractivity contribution in [2.45, 2.75) is 6.92 Å². The van der Waals surface area contributed by atoms with E-state index < -0.39 is 0 Å². The number of hydrogen-bond donors (Lipinski definition) is 2. The first kappa shape index (κ1) is 18.6. The van der Waals surface area contributed by atoms with Gasteiger partial charge in [0.25, 0.3) is 0 Å². The number of rotatable bonds is 4. The number of hydrogen-bond acceptors (Lipinski definition) is 6. The van der Waals surface area contributed by atoms with Crippen molar-refractivity contribution in [1.29, 1.82) is 0 Å². The largest absolute Gasteiger partial charge is 0.336 e. The lowest BCUT2D eigenvalue weighted by Gasteiger charge is -1.98. The van der Waals surface area contributed by atoms with Gasteiger partial charge in [-0.2, -0.15) is 10.2 Å². The van der Waals surface area contributed by atoms with Crippen LogP contribution in [0.3, 0.4) is 0 Å². The van der Waals surface area contributed by atoms with Gasteiger partial charge in [-0.05, 0) is 42.8 Å². The molecule has 5 heterocycles. The maximum atomic E-state index is 11.7. The number of thiophene rings is 1. The first-order valence-corrected chi connectivity index (χ1v) is 10.8. The Balaban J connectivity index is 1.49. The van der Waals surface area contributed by atoms with E-state index in [4.69, 9.17) is 4.98 Å². The van der Waals surface area contributed by atoms with E-state index in [1.165, 1.54) is 11.3 Å². The molecule has 0 amide bonds. The molecule has 0 fully saturated rings. The number of nitrogens with one attached hydrogen (secondary N) is 2. The van der Waals surface area contributed by atoms with E-state index in [2.05, 4.69) is 31.3 Å². The van der Waals surface area contributed by atoms with E-state index in [1.807, 2.05) is 49.8 Å². The zero-order chi connectivity index (χ0) is 21.8. The molecule has 0 bridgehead atoms. The van der Waals surface area contributed by atoms with Crippen LogP contribution in [0.1, 0.15) is 16.6 Å². The highest BCUT2D eigenvalue weighted by Gasteiger charge is 2.17. The summed E-state index contributed by atoms with van der Waals surface area (Å²) in [4.78, 5) is 26.1. The fourth-order valence-corrected chi connectivity index (χ4v) is 4.73. The number of carbonyl (C=O) groups excluding carboxylic acids is 1. The van der Waals surface area contributed by atoms with Gasteiger partial charge in [-0.3, -0.25) is 19.6 Å². The van der Waals surface area contributed by atoms with Gasteiger partial charge < -0.3 is 4.98 Å². The molecule has 6 aromatic rings. The molecular formula is C23H17N7OS. The van der Waals surface area contributed by atoms with Crippen LogP contribution in [0.5, 0.6) is 0 Å². The van der Waals surface area contributed by atoms with Crippen molar-refractivity contribution in [3.8, 4) is 33.2 Å². The summed E-state index contributed by atoms with van der Waals surface area (Å²) in [5.41, 5.74) is 6.12. The predicted molar refractivity (Wildman–Crippen MR) is 124 cm³/mol. The SMILES string of the molecule is CC(=O)c1ccc(-c2nccc3[nH]c(-c4n[nH]c5ccc(-c6cnn(C)c6)cc45)nc23)s1. The van der Waals surface area contributed by atoms with Gasteiger partial charge in [0.1, 0.15) is 16.9 Å². The van der Waals surface area contributed by atoms with Crippen LogP contribution in [0.25, 0.3) is 55.2 Å². The molecule has 0 aliphatic rings. The van der Waals surface area contributed by atoms with Crippen molar-refractivity contribution in [2.75, 3.05) is 0 Å². The van der Waals surface area contributed by atoms with Crippen LogP contribution < -0.4 is 0 Å². The normalized spacial score (nSPS) is 11.6. The van der Waals surface area contributed by atoms with Crippen LogP contribution in [0.2, 0.25) is 0 Å². The molecule has 156 valence electrons. The quantitative estimate of drug-likeness (QED) is 0.383. The van der Waals surface area contributed by atoms with E-state index in [1.54, 1.807) is 17.8 Å². The van der Waals surface area contributed by atoms with Crippen molar-refractivity contribution < 1.29 is 4.79 Å². The number of nitrogens with zero attached hydrogens (tertiary/aromatic N) is 5. The van der Waals surface area contributed by atoms with Crippen LogP contribution >= 0.6 is 11.3 Å². The average Bonchev–Trinajstić information content (AvgIpc) is 3.56. The van der Waals surface area contributed by atoms with E-state index in [9.17, 15) is 4.79 Å². The van der Waals surface area contributed by atoms with Gasteiger partial charge in [0.15, 0.2) is 11.6 Å². The molecule has 6 rings (SSSR count). The van der Waals surface area contributed by atoms with E-state index in [0.717, 1.165) is 49.3 Å². The molecule has 0 aliphatic heterocycles. The van der Waals surface area contributed by atoms with Gasteiger partial charge in [-0.25, -0.2) is 4.98 Å². The number of imidazole rings is 1. The lowest BCUT2D eigenvalue weighted by molar-refractivity contribution is 0.102. The number of aromatic amines is 2. The van der Waals surface area contributed by atoms with Crippen molar-refractivity contribution in [3.05, 3.63) is 59.9 Å². The molecule has 8 nitrogen and oxygen atoms in total. The Morgan fingerprint density at radius 2 is 1.97 bits per heavy atom. The van der Waals surface area contributed by atoms with Gasteiger partial charge in [-0.1, -0.05) is 6.07 Å². The van der Waals surface area contributed by atoms with Gasteiger partial charge in [-0.15, -0.1) is 11.3 Å². The van der Waals surface area contributed by atoms with Gasteiger partial charge >= 0.3 is 0 Å². The van der Waals surface area contributed by atoms with Crippen LogP contribution in [0.4, 0.5) is 0 Å². The third-order valence-electron chi connectivity index (χ3n) is 5.41. The maximum absolute atomic E-state index is 11.7. The molecule has 32 heavy (non-hydrogen) atoms. The average molecular weight is 440 g/mol. The van der Waals surface area contributed by atoms with Crippen LogP contribution in [0, 0.1) is 0 Å². The van der Waals surface area contributed by atoms with Crippen molar-refractivity contribution in [3.63, 3.8) is 0 Å². The number of Topliss-reactive ketones (excluding diaryl/α,β-unsaturated/α-hetero) is 1. The molecular weight excluding hydrogens is 422 g/mol. The molecule has 0 saturated heterocycles. The molecule has 2 N–H and O–H groups in total. The maximum Gasteiger partial charge on any atom is 0.169 e. The van der Waals surface area contributed by atoms with Crippen LogP contribution in [-0.2, 0) is 7.05 Å². The third-order valence-corrected chi connectivity index (χ3v) is 6.61. The summed E-state index contributed by atoms with van der Waals surface area (Å²) in [6, 6.07) is 11.8. The first-order valence-electron chi connectivity index (χ1n) is 10.0. The number of carbonyl (C=O) groups is 1. The van der Waals surface area contributed by atoms with E-state index >= 15 is 0 Å². The minimum atomic E-state index is 0.0450. The Morgan fingerprint density at radius 3 is 2.75 bits per heavy atom. The third kappa shape index (κ3) is 2.94. The molecule has 0 spiro atoms. The molecule has 1 aromatic carbocycles. The highest BCUT2D eigenvalue weighted by molar-refractivity contribution is 7.17. The van der Waals surface area contributed by atoms with Crippen LogP contribution in [0.15, 0.2) is 55.0 Å². The van der Waals surface area contributed by atoms with Crippen molar-refractivity contribution >= 4 is 39.1 Å². The minimum Gasteiger partial charge on any atom is -0.336 e. The molecule has 0 saturated carbocycles. The fraction of sp³-hybridized carbons (Fsp3) is 0.0870. The Labute approximate surface area is 186 Å². The Morgan fingerprint density at radius 1 is 1.06 bits per heavy atom. The minimum absolute atomic E-state index is 0.0450. The Hall–Kier alpha value is -4.11. The molecule has 9 heteroatoms. The van der Waals surface area contributed by atoms with E-state index in [-0.39, 0.29) is 5.78 Å². The fourth-order valence-electron chi connectivity index (χ4n) is 3.83. The van der Waals surface area contributed by atoms with Crippen molar-refractivity contribution in [2.24, 2.45) is 7.05 Å². The summed E-state index contributed by atoms with van der Waals surface area (Å²) in [5, 5.41) is 12.9. The summed E-state index contributed by atoms with van der Waals surface area (Å²) in [6.45, 7) is 1.57. The second-order valence-electron chi connectivity index (χ2n) is 7.60. The molecule has 5 aromatic heterocycles. The lowest BCUT2D eigenvalue weighted by atomic mass is 10.1. The standard InChI is InChI=1S/C23H17N7OS/c1-12(31)18-5-6-19(32-18)22-21-17(7-8-24-22)26-23(27-21)20-15-9-13(3-4-16(15)28-29-20)14-10-25-30(2)11-14/h3-11H,1-2H3,(H,26,27)(H,28,29). The number of H-pyrrole nitrogens is 2. The van der Waals surface area contributed by atoms with Gasteiger partial charge in [0.2, 0.25) is 0 Å². The number of pyridine rings is 1. The number of aryl methyl sites for hydroxylation is 1. The molecule has 0 radical (unpaired) electrons. The lowest BCUT2D eigenvalue weighted by Crippen LogP contribution is -1.84. The smallest absolute Gasteiger partial charge is 0.169 e. The summed E-state index contributed by atoms with van der Waals surface area (Å²) < 4.78 is 1.78. The monoisotopic (exact) mass is 439 g/mol. The molecule has 0 atom stereocenters. The Bertz CT molecular complexity index is 1630. The Kier molecular flexibility index (Phi) is 4.05. The highest BCUT2D eigenvalue weighted by Crippen LogP contribution is 2.34. The van der Waals surface area contributed by atoms with E-state index in [0.29, 0.717) is 10.7 Å². The molecule has 0 aliphatic carbocycles. The summed E-state index contributed by atoms with van der Waals surface area (Å²) in [7, 11) is 1.90. The number of ketones is 1. The van der Waals surface area contributed by atoms with Crippen molar-refractivity contribution in [1.82, 2.24) is 34.9 Å². The number of fused-ring (bicyclic) bond motifs is 2. The van der Waals surface area contributed by atoms with Gasteiger partial charge in [0.05, 0.1) is 27.0 Å². The topological polar surface area (TPSA) is 105 Å². The summed E-state index contributed by atoms with van der Waals surface area (Å²) in [6.07, 6.45) is 5.57. The van der Waals surface area contributed by atoms with Gasteiger partial charge in [0, 0.05) is 30.4 Å². The second kappa shape index (κ2) is 6.96. The zero-order valence-corrected chi connectivity index (χ0v) is 18.1. The predicted octanol–water partition coefficient (Wildman–Crippen LogP) is 4.83. The highest BCUT2D eigenvalue weighted by atomic mass is 32.1. The number of aromatic nitrogens is 7. The second-order valence-corrected chi connectivity index (χ2v) is 8.68. The summed E-state index contributed by atoms with van der Waals surface area (Å²) >= 11 is 1.42. The van der Waals surface area contributed by atoms with Crippen LogP contribution in [-0.4, -0.2) is 40.7 Å². The number of benzene rings is 1. The summed E-state index contributed by atoms with van der Waals surface area (Å²) in [5.74, 6) is 0.704. The first-order chi connectivity index (χ1) is 15.6.